The molecule has 0 saturated heterocycles. The van der Waals surface area contributed by atoms with Crippen LogP contribution in [0.25, 0.3) is 0 Å². The fraction of sp³-hybridized carbons (Fsp3) is 0.591. The number of fused-ring (bicyclic) bond motifs is 2. The number of allylic oxidation sites excluding steroid dienone is 1. The maximum Gasteiger partial charge on any atom is 0.333 e. The van der Waals surface area contributed by atoms with Crippen LogP contribution in [0.2, 0.25) is 0 Å². The van der Waals surface area contributed by atoms with Crippen molar-refractivity contribution in [2.24, 2.45) is 17.3 Å². The second kappa shape index (κ2) is 7.22. The van der Waals surface area contributed by atoms with Crippen LogP contribution in [0.4, 0.5) is 0 Å². The van der Waals surface area contributed by atoms with Crippen LogP contribution in [0, 0.1) is 24.2 Å². The molecule has 0 aromatic carbocycles. The number of aryl methyl sites for hydroxylation is 1. The smallest absolute Gasteiger partial charge is 0.333 e. The van der Waals surface area contributed by atoms with Crippen LogP contribution in [-0.4, -0.2) is 23.8 Å². The van der Waals surface area contributed by atoms with E-state index in [0.29, 0.717) is 17.6 Å². The Morgan fingerprint density at radius 1 is 1.25 bits per heavy atom. The van der Waals surface area contributed by atoms with Gasteiger partial charge in [0.15, 0.2) is 5.76 Å². The van der Waals surface area contributed by atoms with Gasteiger partial charge in [0, 0.05) is 23.5 Å². The molecule has 1 aromatic heterocycles. The minimum Gasteiger partial charge on any atom is -0.460 e. The van der Waals surface area contributed by atoms with Crippen LogP contribution >= 0.6 is 0 Å². The maximum atomic E-state index is 13.4. The van der Waals surface area contributed by atoms with Crippen molar-refractivity contribution in [3.05, 3.63) is 34.8 Å². The lowest BCUT2D eigenvalue weighted by atomic mass is 9.53. The predicted molar refractivity (Wildman–Crippen MR) is 102 cm³/mol. The molecular formula is C22H28O6. The molecule has 1 fully saturated rings. The summed E-state index contributed by atoms with van der Waals surface area (Å²) in [7, 11) is 0. The molecule has 5 unspecified atom stereocenters. The summed E-state index contributed by atoms with van der Waals surface area (Å²) < 4.78 is 17.1. The molecule has 0 N–H and O–H groups in total. The van der Waals surface area contributed by atoms with Gasteiger partial charge >= 0.3 is 11.9 Å². The first kappa shape index (κ1) is 20.4. The molecule has 2 aliphatic rings. The average Bonchev–Trinajstić information content (AvgIpc) is 3.02. The highest BCUT2D eigenvalue weighted by atomic mass is 16.6. The van der Waals surface area contributed by atoms with Gasteiger partial charge in [-0.25, -0.2) is 4.79 Å². The highest BCUT2D eigenvalue weighted by Gasteiger charge is 2.62. The fourth-order valence-corrected chi connectivity index (χ4v) is 4.72. The van der Waals surface area contributed by atoms with Gasteiger partial charge in [0.2, 0.25) is 5.78 Å². The third kappa shape index (κ3) is 2.99. The van der Waals surface area contributed by atoms with Gasteiger partial charge in [-0.3, -0.25) is 9.59 Å². The molecule has 1 heterocycles. The molecule has 1 aromatic rings. The van der Waals surface area contributed by atoms with E-state index in [9.17, 15) is 14.4 Å². The van der Waals surface area contributed by atoms with E-state index in [2.05, 4.69) is 6.92 Å². The molecule has 0 amide bonds. The van der Waals surface area contributed by atoms with E-state index in [0.717, 1.165) is 12.0 Å². The van der Waals surface area contributed by atoms with Crippen molar-refractivity contribution >= 4 is 17.7 Å². The zero-order chi connectivity index (χ0) is 20.8. The molecule has 0 bridgehead atoms. The number of furan rings is 1. The number of esters is 2. The molecule has 0 radical (unpaired) electrons. The van der Waals surface area contributed by atoms with E-state index in [1.165, 1.54) is 13.2 Å². The highest BCUT2D eigenvalue weighted by Crippen LogP contribution is 2.60. The normalized spacial score (nSPS) is 32.4. The van der Waals surface area contributed by atoms with Crippen molar-refractivity contribution in [1.82, 2.24) is 0 Å². The molecule has 3 rings (SSSR count). The number of hydrogen-bond acceptors (Lipinski definition) is 6. The van der Waals surface area contributed by atoms with Gasteiger partial charge in [0.1, 0.15) is 12.2 Å². The van der Waals surface area contributed by atoms with E-state index < -0.39 is 35.5 Å². The molecule has 5 atom stereocenters. The lowest BCUT2D eigenvalue weighted by molar-refractivity contribution is -0.178. The standard InChI is InChI=1S/C22H28O6/c1-7-11(2)21(25)28-15-9-8-13(4)22(6)17(15)18(24)19-16(12(3)10-26-19)20(22)27-14(5)23/h7,10,13,15,17,20H,8-9H2,1-6H3. The first-order valence-electron chi connectivity index (χ1n) is 9.76. The Bertz CT molecular complexity index is 847. The Labute approximate surface area is 165 Å². The Morgan fingerprint density at radius 2 is 1.93 bits per heavy atom. The molecule has 0 spiro atoms. The SMILES string of the molecule is CC=C(C)C(=O)OC1CCC(C)C2(C)C(OC(C)=O)c3c(C)coc3C(=O)C12. The van der Waals surface area contributed by atoms with Crippen LogP contribution in [0.1, 0.15) is 75.2 Å². The number of Topliss-reactive ketones (excluding diaryl/α,β-unsaturated/α-hetero) is 1. The van der Waals surface area contributed by atoms with Crippen molar-refractivity contribution in [2.45, 2.75) is 66.6 Å². The molecule has 28 heavy (non-hydrogen) atoms. The third-order valence-electron chi connectivity index (χ3n) is 6.64. The van der Waals surface area contributed by atoms with Gasteiger partial charge < -0.3 is 13.9 Å². The largest absolute Gasteiger partial charge is 0.460 e. The highest BCUT2D eigenvalue weighted by molar-refractivity contribution is 6.00. The minimum atomic E-state index is -0.697. The summed E-state index contributed by atoms with van der Waals surface area (Å²) in [6.07, 6.45) is 3.34. The predicted octanol–water partition coefficient (Wildman–Crippen LogP) is 4.32. The maximum absolute atomic E-state index is 13.4. The Kier molecular flexibility index (Phi) is 5.26. The summed E-state index contributed by atoms with van der Waals surface area (Å²) in [5, 5.41) is 0. The van der Waals surface area contributed by atoms with E-state index in [-0.39, 0.29) is 17.5 Å². The first-order chi connectivity index (χ1) is 13.1. The third-order valence-corrected chi connectivity index (χ3v) is 6.64. The molecule has 1 saturated carbocycles. The lowest BCUT2D eigenvalue weighted by Crippen LogP contribution is -2.56. The van der Waals surface area contributed by atoms with Gasteiger partial charge in [-0.05, 0) is 45.1 Å². The monoisotopic (exact) mass is 388 g/mol. The molecular weight excluding hydrogens is 360 g/mol. The number of hydrogen-bond donors (Lipinski definition) is 0. The van der Waals surface area contributed by atoms with E-state index in [1.807, 2.05) is 13.8 Å². The fourth-order valence-electron chi connectivity index (χ4n) is 4.72. The molecule has 6 nitrogen and oxygen atoms in total. The van der Waals surface area contributed by atoms with E-state index in [4.69, 9.17) is 13.9 Å². The van der Waals surface area contributed by atoms with Crippen molar-refractivity contribution in [3.63, 3.8) is 0 Å². The van der Waals surface area contributed by atoms with Crippen LogP contribution in [0.15, 0.2) is 22.3 Å². The van der Waals surface area contributed by atoms with Crippen LogP contribution in [-0.2, 0) is 19.1 Å². The Morgan fingerprint density at radius 3 is 2.54 bits per heavy atom. The summed E-state index contributed by atoms with van der Waals surface area (Å²) in [6, 6.07) is 0. The minimum absolute atomic E-state index is 0.0889. The number of carbonyl (C=O) groups excluding carboxylic acids is 3. The van der Waals surface area contributed by atoms with Gasteiger partial charge in [-0.1, -0.05) is 19.9 Å². The van der Waals surface area contributed by atoms with Crippen LogP contribution < -0.4 is 0 Å². The summed E-state index contributed by atoms with van der Waals surface area (Å²) in [6.45, 7) is 10.7. The quantitative estimate of drug-likeness (QED) is 0.566. The summed E-state index contributed by atoms with van der Waals surface area (Å²) in [5.41, 5.74) is 1.22. The topological polar surface area (TPSA) is 82.8 Å². The molecule has 6 heteroatoms. The van der Waals surface area contributed by atoms with Gasteiger partial charge in [0.25, 0.3) is 0 Å². The second-order valence-corrected chi connectivity index (χ2v) is 8.25. The van der Waals surface area contributed by atoms with Gasteiger partial charge in [-0.15, -0.1) is 0 Å². The zero-order valence-electron chi connectivity index (χ0n) is 17.3. The van der Waals surface area contributed by atoms with E-state index >= 15 is 0 Å². The zero-order valence-corrected chi connectivity index (χ0v) is 17.3. The average molecular weight is 388 g/mol. The van der Waals surface area contributed by atoms with Gasteiger partial charge in [0.05, 0.1) is 12.2 Å². The van der Waals surface area contributed by atoms with Crippen LogP contribution in [0.3, 0.4) is 0 Å². The van der Waals surface area contributed by atoms with Gasteiger partial charge in [-0.2, -0.15) is 0 Å². The Balaban J connectivity index is 2.12. The van der Waals surface area contributed by atoms with E-state index in [1.54, 1.807) is 19.9 Å². The Hall–Kier alpha value is -2.37. The summed E-state index contributed by atoms with van der Waals surface area (Å²) >= 11 is 0. The molecule has 2 aliphatic carbocycles. The number of ether oxygens (including phenoxy) is 2. The molecule has 152 valence electrons. The number of rotatable bonds is 3. The molecule has 0 aliphatic heterocycles. The summed E-state index contributed by atoms with van der Waals surface area (Å²) in [5.74, 6) is -1.36. The van der Waals surface area contributed by atoms with Crippen molar-refractivity contribution in [2.75, 3.05) is 0 Å². The van der Waals surface area contributed by atoms with Crippen LogP contribution in [0.5, 0.6) is 0 Å². The van der Waals surface area contributed by atoms with Crippen molar-refractivity contribution in [1.29, 1.82) is 0 Å². The summed E-state index contributed by atoms with van der Waals surface area (Å²) in [4.78, 5) is 37.8. The van der Waals surface area contributed by atoms with Crippen molar-refractivity contribution in [3.8, 4) is 0 Å². The number of ketones is 1. The number of carbonyl (C=O) groups is 3. The lowest BCUT2D eigenvalue weighted by Gasteiger charge is -2.53. The second-order valence-electron chi connectivity index (χ2n) is 8.25. The first-order valence-corrected chi connectivity index (χ1v) is 9.76. The van der Waals surface area contributed by atoms with Crippen molar-refractivity contribution < 1.29 is 28.3 Å².